The van der Waals surface area contributed by atoms with Gasteiger partial charge in [0.05, 0.1) is 0 Å². The van der Waals surface area contributed by atoms with Crippen molar-refractivity contribution in [3.63, 3.8) is 0 Å². The highest BCUT2D eigenvalue weighted by atomic mass is 32.2. The Kier molecular flexibility index (Phi) is 4.74. The Bertz CT molecular complexity index is 752. The molecule has 2 rings (SSSR count). The maximum atomic E-state index is 12.2. The molecule has 8 heteroatoms. The van der Waals surface area contributed by atoms with Crippen molar-refractivity contribution in [1.29, 1.82) is 0 Å². The number of allylic oxidation sites excluding steroid dienone is 3. The summed E-state index contributed by atoms with van der Waals surface area (Å²) >= 11 is 0. The molecule has 22 heavy (non-hydrogen) atoms. The predicted molar refractivity (Wildman–Crippen MR) is 83.3 cm³/mol. The van der Waals surface area contributed by atoms with Gasteiger partial charge < -0.3 is 0 Å². The van der Waals surface area contributed by atoms with E-state index in [1.807, 2.05) is 30.3 Å². The second-order valence-electron chi connectivity index (χ2n) is 4.68. The molecule has 1 aromatic rings. The monoisotopic (exact) mass is 321 g/mol. The molecule has 0 saturated heterocycles. The van der Waals surface area contributed by atoms with Crippen LogP contribution in [0.2, 0.25) is 0 Å². The third-order valence-electron chi connectivity index (χ3n) is 3.13. The van der Waals surface area contributed by atoms with Crippen LogP contribution in [0.3, 0.4) is 0 Å². The van der Waals surface area contributed by atoms with Crippen molar-refractivity contribution in [2.24, 2.45) is 0 Å². The lowest BCUT2D eigenvalue weighted by Gasteiger charge is -2.20. The van der Waals surface area contributed by atoms with Gasteiger partial charge in [-0.25, -0.2) is 18.5 Å². The van der Waals surface area contributed by atoms with Crippen molar-refractivity contribution in [2.45, 2.75) is 12.2 Å². The maximum Gasteiger partial charge on any atom is 0.243 e. The highest BCUT2D eigenvalue weighted by Gasteiger charge is 2.30. The first kappa shape index (κ1) is 15.9. The molecular formula is C14H15N3O4S. The van der Waals surface area contributed by atoms with Crippen molar-refractivity contribution in [3.05, 3.63) is 75.4 Å². The fourth-order valence-electron chi connectivity index (χ4n) is 2.08. The number of nitrogens with zero attached hydrogens (tertiary/aromatic N) is 1. The van der Waals surface area contributed by atoms with E-state index in [2.05, 4.69) is 0 Å². The zero-order valence-electron chi connectivity index (χ0n) is 11.8. The van der Waals surface area contributed by atoms with Gasteiger partial charge in [-0.05, 0) is 29.7 Å². The van der Waals surface area contributed by atoms with Gasteiger partial charge in [0.2, 0.25) is 10.0 Å². The average Bonchev–Trinajstić information content (AvgIpc) is 2.48. The Morgan fingerprint density at radius 1 is 1.27 bits per heavy atom. The van der Waals surface area contributed by atoms with Crippen molar-refractivity contribution >= 4 is 16.1 Å². The molecule has 7 nitrogen and oxygen atoms in total. The predicted octanol–water partition coefficient (Wildman–Crippen LogP) is 1.57. The van der Waals surface area contributed by atoms with Crippen LogP contribution in [0.4, 0.5) is 0 Å². The maximum absolute atomic E-state index is 12.2. The van der Waals surface area contributed by atoms with Gasteiger partial charge in [-0.3, -0.25) is 0 Å². The largest absolute Gasteiger partial charge is 0.243 e. The smallest absolute Gasteiger partial charge is 0.234 e. The van der Waals surface area contributed by atoms with Crippen LogP contribution in [0.25, 0.3) is 6.08 Å². The summed E-state index contributed by atoms with van der Waals surface area (Å²) in [6.07, 6.45) is 6.65. The summed E-state index contributed by atoms with van der Waals surface area (Å²) in [5.41, 5.74) is 3.68. The third-order valence-corrected chi connectivity index (χ3v) is 4.58. The number of hydrogen-bond acceptors (Lipinski definition) is 4. The lowest BCUT2D eigenvalue weighted by Crippen LogP contribution is -2.46. The van der Waals surface area contributed by atoms with Crippen LogP contribution >= 0.6 is 0 Å². The zero-order valence-corrected chi connectivity index (χ0v) is 12.6. The average molecular weight is 321 g/mol. The van der Waals surface area contributed by atoms with E-state index in [4.69, 9.17) is 0 Å². The molecule has 0 heterocycles. The van der Waals surface area contributed by atoms with Gasteiger partial charge in [-0.1, -0.05) is 58.9 Å². The van der Waals surface area contributed by atoms with E-state index in [9.17, 15) is 18.5 Å². The normalized spacial score (nSPS) is 19.8. The molecule has 0 spiro atoms. The summed E-state index contributed by atoms with van der Waals surface area (Å²) < 4.78 is 24.5. The van der Waals surface area contributed by atoms with Crippen LogP contribution in [-0.4, -0.2) is 18.7 Å². The van der Waals surface area contributed by atoms with Gasteiger partial charge in [-0.15, -0.1) is 0 Å². The molecule has 116 valence electrons. The molecule has 0 fully saturated rings. The Morgan fingerprint density at radius 2 is 1.95 bits per heavy atom. The van der Waals surface area contributed by atoms with Crippen molar-refractivity contribution < 1.29 is 13.5 Å². The molecule has 1 unspecified atom stereocenters. The second-order valence-corrected chi connectivity index (χ2v) is 6.48. The molecule has 0 aromatic heterocycles. The lowest BCUT2D eigenvalue weighted by molar-refractivity contribution is -0.550. The Labute approximate surface area is 128 Å². The lowest BCUT2D eigenvalue weighted by atomic mass is 9.97. The van der Waals surface area contributed by atoms with E-state index in [0.717, 1.165) is 11.1 Å². The first-order valence-electron chi connectivity index (χ1n) is 6.43. The van der Waals surface area contributed by atoms with Crippen molar-refractivity contribution in [3.8, 4) is 0 Å². The van der Waals surface area contributed by atoms with Crippen LogP contribution in [-0.2, 0) is 10.0 Å². The minimum absolute atomic E-state index is 0.561. The quantitative estimate of drug-likeness (QED) is 0.633. The summed E-state index contributed by atoms with van der Waals surface area (Å²) in [6.45, 7) is 1.79. The molecule has 0 aliphatic heterocycles. The molecule has 1 aliphatic rings. The molecule has 2 N–H and O–H groups in total. The van der Waals surface area contributed by atoms with Gasteiger partial charge in [0.1, 0.15) is 5.25 Å². The van der Waals surface area contributed by atoms with Crippen LogP contribution in [0.5, 0.6) is 0 Å². The van der Waals surface area contributed by atoms with Gasteiger partial charge in [0.15, 0.2) is 5.03 Å². The van der Waals surface area contributed by atoms with E-state index in [1.54, 1.807) is 30.0 Å². The molecule has 0 radical (unpaired) electrons. The summed E-state index contributed by atoms with van der Waals surface area (Å²) in [5.74, 6) is 0. The van der Waals surface area contributed by atoms with Gasteiger partial charge in [0, 0.05) is 0 Å². The molecule has 1 aromatic carbocycles. The number of sulfonamides is 1. The topological polar surface area (TPSA) is 101 Å². The summed E-state index contributed by atoms with van der Waals surface area (Å²) in [6, 6.07) is 9.26. The highest BCUT2D eigenvalue weighted by molar-refractivity contribution is 7.90. The first-order valence-corrected chi connectivity index (χ1v) is 7.97. The Balaban J connectivity index is 2.37. The minimum atomic E-state index is -3.98. The van der Waals surface area contributed by atoms with Crippen LogP contribution in [0.1, 0.15) is 12.5 Å². The van der Waals surface area contributed by atoms with Gasteiger partial charge in [-0.2, -0.15) is 0 Å². The highest BCUT2D eigenvalue weighted by Crippen LogP contribution is 2.26. The number of benzene rings is 1. The van der Waals surface area contributed by atoms with Crippen LogP contribution in [0, 0.1) is 10.1 Å². The second kappa shape index (κ2) is 6.54. The Morgan fingerprint density at radius 3 is 2.59 bits per heavy atom. The molecular weight excluding hydrogens is 306 g/mol. The summed E-state index contributed by atoms with van der Waals surface area (Å²) in [4.78, 5) is 12.1. The van der Waals surface area contributed by atoms with E-state index in [-0.39, 0.29) is 0 Å². The fraction of sp³-hybridized carbons (Fsp3) is 0.143. The van der Waals surface area contributed by atoms with Gasteiger partial charge >= 0.3 is 0 Å². The first-order chi connectivity index (χ1) is 10.4. The summed E-state index contributed by atoms with van der Waals surface area (Å²) in [5, 5.41) is 8.32. The number of nitrogens with one attached hydrogen (secondary N) is 2. The number of rotatable bonds is 5. The van der Waals surface area contributed by atoms with E-state index < -0.39 is 20.3 Å². The van der Waals surface area contributed by atoms with E-state index in [1.165, 1.54) is 11.6 Å². The molecule has 0 saturated carbocycles. The molecule has 1 aliphatic carbocycles. The SMILES string of the molecule is CC1=CC=CC(S(=O)(=O)NN[N+](=O)[O-])/C1=C/c1ccccc1. The standard InChI is InChI=1S/C14H15N3O4S/c1-11-6-5-9-14(22(20,21)16-15-17(18)19)13(11)10-12-7-3-2-4-8-12/h2-10,14-16H,1H3/b13-10+. The van der Waals surface area contributed by atoms with Crippen LogP contribution < -0.4 is 10.4 Å². The molecule has 1 atom stereocenters. The van der Waals surface area contributed by atoms with Crippen LogP contribution in [0.15, 0.2) is 59.7 Å². The van der Waals surface area contributed by atoms with Crippen molar-refractivity contribution in [1.82, 2.24) is 10.4 Å². The fourth-order valence-corrected chi connectivity index (χ4v) is 3.30. The number of hydrogen-bond donors (Lipinski definition) is 2. The third kappa shape index (κ3) is 3.80. The minimum Gasteiger partial charge on any atom is -0.234 e. The molecule has 0 bridgehead atoms. The summed E-state index contributed by atoms with van der Waals surface area (Å²) in [7, 11) is -3.98. The van der Waals surface area contributed by atoms with Crippen molar-refractivity contribution in [2.75, 3.05) is 0 Å². The van der Waals surface area contributed by atoms with Gasteiger partial charge in [0.25, 0.3) is 0 Å². The zero-order chi connectivity index (χ0) is 16.2. The van der Waals surface area contributed by atoms with E-state index >= 15 is 0 Å². The molecule has 0 amide bonds. The number of nitro groups is 1. The van der Waals surface area contributed by atoms with E-state index in [0.29, 0.717) is 5.57 Å². The number of hydrazine groups is 2. The Hall–Kier alpha value is -2.45.